The van der Waals surface area contributed by atoms with Gasteiger partial charge in [-0.15, -0.1) is 24.0 Å². The van der Waals surface area contributed by atoms with Crippen LogP contribution < -0.4 is 5.32 Å². The summed E-state index contributed by atoms with van der Waals surface area (Å²) in [5.41, 5.74) is 0.534. The molecule has 0 aromatic rings. The van der Waals surface area contributed by atoms with Gasteiger partial charge < -0.3 is 15.0 Å². The van der Waals surface area contributed by atoms with Gasteiger partial charge in [-0.3, -0.25) is 4.99 Å². The van der Waals surface area contributed by atoms with E-state index < -0.39 is 0 Å². The lowest BCUT2D eigenvalue weighted by Gasteiger charge is -2.27. The van der Waals surface area contributed by atoms with E-state index in [-0.39, 0.29) is 24.0 Å². The number of nitrogens with one attached hydrogen (secondary N) is 1. The molecule has 1 atom stereocenters. The van der Waals surface area contributed by atoms with Gasteiger partial charge in [-0.25, -0.2) is 0 Å². The van der Waals surface area contributed by atoms with Crippen LogP contribution in [0.3, 0.4) is 0 Å². The zero-order valence-electron chi connectivity index (χ0n) is 14.0. The smallest absolute Gasteiger partial charge is 0.193 e. The van der Waals surface area contributed by atoms with Crippen molar-refractivity contribution in [1.82, 2.24) is 10.2 Å². The number of halogens is 1. The fourth-order valence-corrected chi connectivity index (χ4v) is 3.04. The van der Waals surface area contributed by atoms with Crippen LogP contribution in [0.15, 0.2) is 4.99 Å². The number of hydrogen-bond donors (Lipinski definition) is 1. The summed E-state index contributed by atoms with van der Waals surface area (Å²) in [5.74, 6) is 2.68. The van der Waals surface area contributed by atoms with Gasteiger partial charge in [0.1, 0.15) is 0 Å². The molecule has 1 saturated carbocycles. The monoisotopic (exact) mass is 409 g/mol. The highest BCUT2D eigenvalue weighted by Crippen LogP contribution is 2.50. The number of hydrogen-bond acceptors (Lipinski definition) is 2. The Labute approximate surface area is 147 Å². The largest absolute Gasteiger partial charge is 0.381 e. The van der Waals surface area contributed by atoms with Gasteiger partial charge in [-0.05, 0) is 42.9 Å². The van der Waals surface area contributed by atoms with E-state index in [4.69, 9.17) is 4.74 Å². The molecule has 0 bridgehead atoms. The Balaban J connectivity index is 0.00000220. The van der Waals surface area contributed by atoms with Gasteiger partial charge in [0, 0.05) is 40.4 Å². The molecule has 1 aliphatic carbocycles. The summed E-state index contributed by atoms with van der Waals surface area (Å²) < 4.78 is 5.42. The molecule has 0 spiro atoms. The molecule has 5 heteroatoms. The number of rotatable bonds is 5. The summed E-state index contributed by atoms with van der Waals surface area (Å²) in [6.07, 6.45) is 5.02. The van der Waals surface area contributed by atoms with E-state index in [2.05, 4.69) is 36.1 Å². The van der Waals surface area contributed by atoms with Crippen molar-refractivity contribution in [2.45, 2.75) is 39.5 Å². The minimum absolute atomic E-state index is 0. The number of guanidine groups is 1. The molecular weight excluding hydrogens is 377 g/mol. The molecule has 4 nitrogen and oxygen atoms in total. The van der Waals surface area contributed by atoms with Crippen molar-refractivity contribution >= 4 is 29.9 Å². The highest BCUT2D eigenvalue weighted by Gasteiger charge is 2.45. The minimum atomic E-state index is 0. The second kappa shape index (κ2) is 8.56. The molecule has 0 aromatic heterocycles. The van der Waals surface area contributed by atoms with Crippen LogP contribution in [0.5, 0.6) is 0 Å². The van der Waals surface area contributed by atoms with Gasteiger partial charge in [0.25, 0.3) is 0 Å². The maximum absolute atomic E-state index is 5.42. The third-order valence-corrected chi connectivity index (χ3v) is 5.01. The van der Waals surface area contributed by atoms with Gasteiger partial charge in [0.15, 0.2) is 5.96 Å². The van der Waals surface area contributed by atoms with Gasteiger partial charge in [-0.1, -0.05) is 13.8 Å². The Morgan fingerprint density at radius 1 is 1.33 bits per heavy atom. The first kappa shape index (κ1) is 19.0. The van der Waals surface area contributed by atoms with Gasteiger partial charge >= 0.3 is 0 Å². The van der Waals surface area contributed by atoms with E-state index >= 15 is 0 Å². The van der Waals surface area contributed by atoms with E-state index in [9.17, 15) is 0 Å². The van der Waals surface area contributed by atoms with Crippen LogP contribution in [-0.2, 0) is 4.74 Å². The van der Waals surface area contributed by atoms with Gasteiger partial charge in [0.2, 0.25) is 0 Å². The third-order valence-electron chi connectivity index (χ3n) is 5.01. The van der Waals surface area contributed by atoms with Crippen LogP contribution in [0.25, 0.3) is 0 Å². The Morgan fingerprint density at radius 3 is 2.48 bits per heavy atom. The van der Waals surface area contributed by atoms with Crippen molar-refractivity contribution < 1.29 is 4.74 Å². The second-order valence-electron chi connectivity index (χ2n) is 7.08. The summed E-state index contributed by atoms with van der Waals surface area (Å²) in [4.78, 5) is 6.67. The van der Waals surface area contributed by atoms with Crippen molar-refractivity contribution in [2.24, 2.45) is 22.2 Å². The van der Waals surface area contributed by atoms with Crippen LogP contribution in [-0.4, -0.2) is 51.3 Å². The summed E-state index contributed by atoms with van der Waals surface area (Å²) >= 11 is 0. The minimum Gasteiger partial charge on any atom is -0.381 e. The van der Waals surface area contributed by atoms with Gasteiger partial charge in [-0.2, -0.15) is 0 Å². The van der Waals surface area contributed by atoms with Crippen molar-refractivity contribution in [2.75, 3.05) is 40.4 Å². The lowest BCUT2D eigenvalue weighted by atomic mass is 9.96. The molecule has 1 aliphatic heterocycles. The number of ether oxygens (including phenoxy) is 1. The first-order valence-corrected chi connectivity index (χ1v) is 8.02. The molecular formula is C16H32IN3O. The fraction of sp³-hybridized carbons (Fsp3) is 0.938. The molecule has 1 saturated heterocycles. The molecule has 1 unspecified atom stereocenters. The summed E-state index contributed by atoms with van der Waals surface area (Å²) in [5, 5.41) is 3.53. The van der Waals surface area contributed by atoms with Crippen molar-refractivity contribution in [3.05, 3.63) is 0 Å². The lowest BCUT2D eigenvalue weighted by Crippen LogP contribution is -2.41. The molecule has 2 rings (SSSR count). The van der Waals surface area contributed by atoms with Crippen LogP contribution in [0.1, 0.15) is 39.5 Å². The quantitative estimate of drug-likeness (QED) is 0.431. The van der Waals surface area contributed by atoms with Crippen molar-refractivity contribution in [3.8, 4) is 0 Å². The van der Waals surface area contributed by atoms with E-state index in [0.717, 1.165) is 44.1 Å². The summed E-state index contributed by atoms with van der Waals surface area (Å²) in [6.45, 7) is 8.71. The molecule has 0 aromatic carbocycles. The van der Waals surface area contributed by atoms with Crippen molar-refractivity contribution in [1.29, 1.82) is 0 Å². The Morgan fingerprint density at radius 2 is 1.95 bits per heavy atom. The predicted molar refractivity (Wildman–Crippen MR) is 99.5 cm³/mol. The van der Waals surface area contributed by atoms with E-state index in [1.807, 2.05) is 7.05 Å². The molecule has 124 valence electrons. The second-order valence-corrected chi connectivity index (χ2v) is 7.08. The third kappa shape index (κ3) is 5.93. The molecule has 1 N–H and O–H groups in total. The van der Waals surface area contributed by atoms with Crippen LogP contribution in [0.4, 0.5) is 0 Å². The Kier molecular flexibility index (Phi) is 7.74. The molecule has 2 fully saturated rings. The molecule has 0 amide bonds. The van der Waals surface area contributed by atoms with Gasteiger partial charge in [0.05, 0.1) is 0 Å². The van der Waals surface area contributed by atoms with Crippen LogP contribution >= 0.6 is 24.0 Å². The highest BCUT2D eigenvalue weighted by atomic mass is 127. The SMILES string of the molecule is CN=C(NCC1CC1(C)C)N(C)CCC1CCOCC1.I. The van der Waals surface area contributed by atoms with Crippen LogP contribution in [0.2, 0.25) is 0 Å². The number of aliphatic imine (C=N–C) groups is 1. The Bertz CT molecular complexity index is 340. The van der Waals surface area contributed by atoms with E-state index in [1.54, 1.807) is 0 Å². The highest BCUT2D eigenvalue weighted by molar-refractivity contribution is 14.0. The molecule has 0 radical (unpaired) electrons. The van der Waals surface area contributed by atoms with Crippen molar-refractivity contribution in [3.63, 3.8) is 0 Å². The fourth-order valence-electron chi connectivity index (χ4n) is 3.04. The maximum Gasteiger partial charge on any atom is 0.193 e. The zero-order valence-corrected chi connectivity index (χ0v) is 16.4. The zero-order chi connectivity index (χ0) is 14.6. The first-order valence-electron chi connectivity index (χ1n) is 8.02. The average Bonchev–Trinajstić information content (AvgIpc) is 3.06. The normalized spacial score (nSPS) is 25.1. The average molecular weight is 409 g/mol. The molecule has 1 heterocycles. The van der Waals surface area contributed by atoms with E-state index in [1.165, 1.54) is 25.7 Å². The Hall–Kier alpha value is -0.0400. The summed E-state index contributed by atoms with van der Waals surface area (Å²) in [7, 11) is 4.03. The number of nitrogens with zero attached hydrogens (tertiary/aromatic N) is 2. The first-order chi connectivity index (χ1) is 9.53. The molecule has 21 heavy (non-hydrogen) atoms. The van der Waals surface area contributed by atoms with E-state index in [0.29, 0.717) is 5.41 Å². The molecule has 2 aliphatic rings. The summed E-state index contributed by atoms with van der Waals surface area (Å²) in [6, 6.07) is 0. The standard InChI is InChI=1S/C16H31N3O.HI/c1-16(2)11-14(16)12-18-15(17-3)19(4)8-5-13-6-9-20-10-7-13;/h13-14H,5-12H2,1-4H3,(H,17,18);1H. The topological polar surface area (TPSA) is 36.9 Å². The maximum atomic E-state index is 5.42. The predicted octanol–water partition coefficient (Wildman–Crippen LogP) is 2.97. The lowest BCUT2D eigenvalue weighted by molar-refractivity contribution is 0.0625. The van der Waals surface area contributed by atoms with Crippen LogP contribution in [0, 0.1) is 17.3 Å².